The second kappa shape index (κ2) is 8.34. The van der Waals surface area contributed by atoms with Crippen molar-refractivity contribution < 1.29 is 18.0 Å². The van der Waals surface area contributed by atoms with Gasteiger partial charge in [0, 0.05) is 37.8 Å². The average molecular weight is 416 g/mol. The number of benzene rings is 2. The second-order valence-electron chi connectivity index (χ2n) is 7.23. The first kappa shape index (κ1) is 21.0. The third-order valence-electron chi connectivity index (χ3n) is 4.95. The molecule has 0 radical (unpaired) electrons. The summed E-state index contributed by atoms with van der Waals surface area (Å²) in [6.45, 7) is 5.88. The molecular weight excluding hydrogens is 390 g/mol. The summed E-state index contributed by atoms with van der Waals surface area (Å²) in [5.74, 6) is -0.320. The molecule has 0 bridgehead atoms. The van der Waals surface area contributed by atoms with Crippen LogP contribution in [0.25, 0.3) is 0 Å². The van der Waals surface area contributed by atoms with Crippen LogP contribution >= 0.6 is 0 Å². The molecule has 8 heteroatoms. The molecule has 1 aliphatic heterocycles. The number of carbonyl (C=O) groups is 2. The first-order valence-electron chi connectivity index (χ1n) is 9.45. The number of nitrogens with one attached hydrogen (secondary N) is 2. The number of anilines is 2. The SMILES string of the molecule is CC(=O)N1CCc2cc(S(=O)(=O)NCCC(=O)Nc3cc(C)ccc3C)ccc21. The van der Waals surface area contributed by atoms with Crippen LogP contribution in [0.4, 0.5) is 11.4 Å². The first-order valence-corrected chi connectivity index (χ1v) is 10.9. The minimum atomic E-state index is -3.74. The molecule has 0 aliphatic carbocycles. The van der Waals surface area contributed by atoms with Gasteiger partial charge in [-0.1, -0.05) is 12.1 Å². The van der Waals surface area contributed by atoms with E-state index in [1.165, 1.54) is 13.0 Å². The quantitative estimate of drug-likeness (QED) is 0.758. The Morgan fingerprint density at radius 3 is 2.59 bits per heavy atom. The molecule has 1 heterocycles. The number of sulfonamides is 1. The lowest BCUT2D eigenvalue weighted by atomic mass is 10.1. The van der Waals surface area contributed by atoms with Crippen molar-refractivity contribution >= 4 is 33.2 Å². The van der Waals surface area contributed by atoms with Gasteiger partial charge in [0.05, 0.1) is 4.90 Å². The zero-order valence-electron chi connectivity index (χ0n) is 16.8. The van der Waals surface area contributed by atoms with Crippen molar-refractivity contribution in [3.8, 4) is 0 Å². The van der Waals surface area contributed by atoms with Crippen molar-refractivity contribution in [3.05, 3.63) is 53.1 Å². The number of nitrogens with zero attached hydrogens (tertiary/aromatic N) is 1. The van der Waals surface area contributed by atoms with Crippen LogP contribution in [0, 0.1) is 13.8 Å². The minimum absolute atomic E-state index is 0.00428. The van der Waals surface area contributed by atoms with E-state index >= 15 is 0 Å². The summed E-state index contributed by atoms with van der Waals surface area (Å²) in [5.41, 5.74) is 4.29. The molecule has 7 nitrogen and oxygen atoms in total. The maximum Gasteiger partial charge on any atom is 0.240 e. The number of hydrogen-bond acceptors (Lipinski definition) is 4. The van der Waals surface area contributed by atoms with Gasteiger partial charge < -0.3 is 10.2 Å². The standard InChI is InChI=1S/C21H25N3O4S/c1-14-4-5-15(2)19(12-14)23-21(26)8-10-22-29(27,28)18-6-7-20-17(13-18)9-11-24(20)16(3)25/h4-7,12-13,22H,8-11H2,1-3H3,(H,23,26). The van der Waals surface area contributed by atoms with E-state index in [2.05, 4.69) is 10.0 Å². The molecule has 2 aromatic carbocycles. The van der Waals surface area contributed by atoms with Crippen LogP contribution in [-0.2, 0) is 26.0 Å². The van der Waals surface area contributed by atoms with Crippen molar-refractivity contribution in [1.29, 1.82) is 0 Å². The lowest BCUT2D eigenvalue weighted by Gasteiger charge is -2.15. The molecule has 29 heavy (non-hydrogen) atoms. The highest BCUT2D eigenvalue weighted by atomic mass is 32.2. The number of carbonyl (C=O) groups excluding carboxylic acids is 2. The van der Waals surface area contributed by atoms with Crippen molar-refractivity contribution in [2.75, 3.05) is 23.3 Å². The third kappa shape index (κ3) is 4.83. The van der Waals surface area contributed by atoms with Crippen LogP contribution < -0.4 is 14.9 Å². The van der Waals surface area contributed by atoms with E-state index in [9.17, 15) is 18.0 Å². The zero-order chi connectivity index (χ0) is 21.2. The Morgan fingerprint density at radius 1 is 1.10 bits per heavy atom. The van der Waals surface area contributed by atoms with Gasteiger partial charge in [-0.3, -0.25) is 9.59 Å². The lowest BCUT2D eigenvalue weighted by molar-refractivity contribution is -0.117. The number of rotatable bonds is 6. The Morgan fingerprint density at radius 2 is 1.86 bits per heavy atom. The Labute approximate surface area is 171 Å². The molecule has 0 saturated carbocycles. The van der Waals surface area contributed by atoms with Gasteiger partial charge in [0.1, 0.15) is 0 Å². The van der Waals surface area contributed by atoms with Crippen LogP contribution in [0.3, 0.4) is 0 Å². The fourth-order valence-electron chi connectivity index (χ4n) is 3.34. The zero-order valence-corrected chi connectivity index (χ0v) is 17.6. The smallest absolute Gasteiger partial charge is 0.240 e. The summed E-state index contributed by atoms with van der Waals surface area (Å²) in [6, 6.07) is 10.5. The molecule has 3 rings (SSSR count). The molecule has 0 aromatic heterocycles. The Kier molecular flexibility index (Phi) is 6.04. The van der Waals surface area contributed by atoms with Crippen molar-refractivity contribution in [2.24, 2.45) is 0 Å². The van der Waals surface area contributed by atoms with E-state index < -0.39 is 10.0 Å². The van der Waals surface area contributed by atoms with E-state index in [1.54, 1.807) is 17.0 Å². The van der Waals surface area contributed by atoms with E-state index in [0.717, 1.165) is 28.1 Å². The van der Waals surface area contributed by atoms with E-state index in [0.29, 0.717) is 13.0 Å². The van der Waals surface area contributed by atoms with Gasteiger partial charge in [-0.2, -0.15) is 0 Å². The summed E-state index contributed by atoms with van der Waals surface area (Å²) in [4.78, 5) is 25.6. The molecule has 0 fully saturated rings. The summed E-state index contributed by atoms with van der Waals surface area (Å²) >= 11 is 0. The van der Waals surface area contributed by atoms with E-state index in [1.807, 2.05) is 32.0 Å². The molecule has 1 aliphatic rings. The fourth-order valence-corrected chi connectivity index (χ4v) is 4.42. The minimum Gasteiger partial charge on any atom is -0.326 e. The third-order valence-corrected chi connectivity index (χ3v) is 6.41. The van der Waals surface area contributed by atoms with Gasteiger partial charge in [0.25, 0.3) is 0 Å². The summed E-state index contributed by atoms with van der Waals surface area (Å²) in [6.07, 6.45) is 0.645. The molecule has 0 atom stereocenters. The van der Waals surface area contributed by atoms with Crippen molar-refractivity contribution in [2.45, 2.75) is 38.5 Å². The monoisotopic (exact) mass is 415 g/mol. The van der Waals surface area contributed by atoms with Gasteiger partial charge >= 0.3 is 0 Å². The van der Waals surface area contributed by atoms with Gasteiger partial charge in [-0.15, -0.1) is 0 Å². The number of fused-ring (bicyclic) bond motifs is 1. The number of amides is 2. The number of hydrogen-bond donors (Lipinski definition) is 2. The second-order valence-corrected chi connectivity index (χ2v) is 8.99. The van der Waals surface area contributed by atoms with Crippen LogP contribution in [0.5, 0.6) is 0 Å². The lowest BCUT2D eigenvalue weighted by Crippen LogP contribution is -2.28. The van der Waals surface area contributed by atoms with Gasteiger partial charge in [0.2, 0.25) is 21.8 Å². The predicted molar refractivity (Wildman–Crippen MR) is 113 cm³/mol. The molecular formula is C21H25N3O4S. The molecule has 2 amide bonds. The van der Waals surface area contributed by atoms with Crippen molar-refractivity contribution in [3.63, 3.8) is 0 Å². The first-order chi connectivity index (χ1) is 13.7. The predicted octanol–water partition coefficient (Wildman–Crippen LogP) is 2.52. The molecule has 154 valence electrons. The maximum absolute atomic E-state index is 12.6. The maximum atomic E-state index is 12.6. The summed E-state index contributed by atoms with van der Waals surface area (Å²) in [5, 5.41) is 2.82. The summed E-state index contributed by atoms with van der Waals surface area (Å²) in [7, 11) is -3.74. The van der Waals surface area contributed by atoms with Crippen molar-refractivity contribution in [1.82, 2.24) is 4.72 Å². The molecule has 0 spiro atoms. The van der Waals surface area contributed by atoms with E-state index in [-0.39, 0.29) is 29.7 Å². The van der Waals surface area contributed by atoms with E-state index in [4.69, 9.17) is 0 Å². The molecule has 0 unspecified atom stereocenters. The number of aryl methyl sites for hydroxylation is 2. The highest BCUT2D eigenvalue weighted by Crippen LogP contribution is 2.30. The largest absolute Gasteiger partial charge is 0.326 e. The Hall–Kier alpha value is -2.71. The molecule has 2 N–H and O–H groups in total. The Balaban J connectivity index is 1.60. The average Bonchev–Trinajstić information content (AvgIpc) is 3.08. The van der Waals surface area contributed by atoms with Gasteiger partial charge in [0.15, 0.2) is 0 Å². The topological polar surface area (TPSA) is 95.6 Å². The molecule has 2 aromatic rings. The normalized spacial score (nSPS) is 13.3. The van der Waals surface area contributed by atoms with Gasteiger partial charge in [-0.25, -0.2) is 13.1 Å². The highest BCUT2D eigenvalue weighted by molar-refractivity contribution is 7.89. The molecule has 0 saturated heterocycles. The van der Waals surface area contributed by atoms with Crippen LogP contribution in [0.2, 0.25) is 0 Å². The van der Waals surface area contributed by atoms with Crippen LogP contribution in [0.1, 0.15) is 30.0 Å². The summed E-state index contributed by atoms with van der Waals surface area (Å²) < 4.78 is 27.6. The fraction of sp³-hybridized carbons (Fsp3) is 0.333. The van der Waals surface area contributed by atoms with Gasteiger partial charge in [-0.05, 0) is 61.2 Å². The highest BCUT2D eigenvalue weighted by Gasteiger charge is 2.24. The van der Waals surface area contributed by atoms with Crippen LogP contribution in [-0.4, -0.2) is 33.3 Å². The van der Waals surface area contributed by atoms with Crippen LogP contribution in [0.15, 0.2) is 41.3 Å². The Bertz CT molecular complexity index is 1060.